The SMILES string of the molecule is Cc1ccc(NC2c3ccccc3OCC2C)cc1O. The van der Waals surface area contributed by atoms with E-state index in [9.17, 15) is 5.11 Å². The molecule has 0 aliphatic carbocycles. The Hall–Kier alpha value is -2.16. The van der Waals surface area contributed by atoms with Crippen molar-refractivity contribution < 1.29 is 9.84 Å². The molecular weight excluding hydrogens is 250 g/mol. The number of phenolic OH excluding ortho intramolecular Hbond substituents is 1. The molecular formula is C17H19NO2. The zero-order valence-electron chi connectivity index (χ0n) is 11.8. The van der Waals surface area contributed by atoms with Gasteiger partial charge in [0.05, 0.1) is 12.6 Å². The summed E-state index contributed by atoms with van der Waals surface area (Å²) in [6, 6.07) is 14.0. The minimum Gasteiger partial charge on any atom is -0.508 e. The number of para-hydroxylation sites is 1. The minimum atomic E-state index is 0.196. The Morgan fingerprint density at radius 1 is 1.20 bits per heavy atom. The van der Waals surface area contributed by atoms with E-state index >= 15 is 0 Å². The Morgan fingerprint density at radius 3 is 2.80 bits per heavy atom. The van der Waals surface area contributed by atoms with E-state index in [1.807, 2.05) is 37.3 Å². The molecule has 0 bridgehead atoms. The third kappa shape index (κ3) is 2.31. The molecule has 2 N–H and O–H groups in total. The Kier molecular flexibility index (Phi) is 3.26. The van der Waals surface area contributed by atoms with Crippen molar-refractivity contribution in [1.29, 1.82) is 0 Å². The first-order valence-corrected chi connectivity index (χ1v) is 6.93. The maximum absolute atomic E-state index is 9.83. The number of ether oxygens (including phenoxy) is 1. The number of nitrogens with one attached hydrogen (secondary N) is 1. The molecule has 0 fully saturated rings. The van der Waals surface area contributed by atoms with Gasteiger partial charge < -0.3 is 15.2 Å². The van der Waals surface area contributed by atoms with E-state index in [4.69, 9.17) is 4.74 Å². The summed E-state index contributed by atoms with van der Waals surface area (Å²) >= 11 is 0. The van der Waals surface area contributed by atoms with Crippen LogP contribution in [0.25, 0.3) is 0 Å². The van der Waals surface area contributed by atoms with Crippen molar-refractivity contribution in [2.75, 3.05) is 11.9 Å². The largest absolute Gasteiger partial charge is 0.508 e. The van der Waals surface area contributed by atoms with Crippen LogP contribution >= 0.6 is 0 Å². The Morgan fingerprint density at radius 2 is 2.00 bits per heavy atom. The first-order valence-electron chi connectivity index (χ1n) is 6.93. The normalized spacial score (nSPS) is 20.9. The van der Waals surface area contributed by atoms with Crippen molar-refractivity contribution in [3.05, 3.63) is 53.6 Å². The van der Waals surface area contributed by atoms with Crippen molar-refractivity contribution in [3.63, 3.8) is 0 Å². The van der Waals surface area contributed by atoms with Crippen molar-refractivity contribution in [2.45, 2.75) is 19.9 Å². The van der Waals surface area contributed by atoms with Crippen molar-refractivity contribution in [3.8, 4) is 11.5 Å². The second-order valence-corrected chi connectivity index (χ2v) is 5.45. The molecule has 0 aromatic heterocycles. The predicted molar refractivity (Wildman–Crippen MR) is 80.3 cm³/mol. The van der Waals surface area contributed by atoms with Gasteiger partial charge in [-0.1, -0.05) is 31.2 Å². The minimum absolute atomic E-state index is 0.196. The number of fused-ring (bicyclic) bond motifs is 1. The third-order valence-corrected chi connectivity index (χ3v) is 3.86. The van der Waals surface area contributed by atoms with Gasteiger partial charge in [-0.25, -0.2) is 0 Å². The van der Waals surface area contributed by atoms with E-state index in [2.05, 4.69) is 18.3 Å². The highest BCUT2D eigenvalue weighted by molar-refractivity contribution is 5.53. The molecule has 3 rings (SSSR count). The van der Waals surface area contributed by atoms with Crippen molar-refractivity contribution >= 4 is 5.69 Å². The fourth-order valence-electron chi connectivity index (χ4n) is 2.59. The van der Waals surface area contributed by atoms with E-state index in [0.717, 1.165) is 17.0 Å². The summed E-state index contributed by atoms with van der Waals surface area (Å²) in [5.74, 6) is 1.63. The third-order valence-electron chi connectivity index (χ3n) is 3.86. The predicted octanol–water partition coefficient (Wildman–Crippen LogP) is 3.88. The molecule has 3 nitrogen and oxygen atoms in total. The summed E-state index contributed by atoms with van der Waals surface area (Å²) in [7, 11) is 0. The highest BCUT2D eigenvalue weighted by Gasteiger charge is 2.27. The lowest BCUT2D eigenvalue weighted by Gasteiger charge is -2.32. The number of aryl methyl sites for hydroxylation is 1. The lowest BCUT2D eigenvalue weighted by Crippen LogP contribution is -2.28. The topological polar surface area (TPSA) is 41.5 Å². The Labute approximate surface area is 119 Å². The smallest absolute Gasteiger partial charge is 0.124 e. The van der Waals surface area contributed by atoms with Gasteiger partial charge in [-0.2, -0.15) is 0 Å². The molecule has 2 unspecified atom stereocenters. The molecule has 0 spiro atoms. The maximum atomic E-state index is 9.83. The lowest BCUT2D eigenvalue weighted by molar-refractivity contribution is 0.214. The number of hydrogen-bond donors (Lipinski definition) is 2. The van der Waals surface area contributed by atoms with Gasteiger partial charge in [0.15, 0.2) is 0 Å². The highest BCUT2D eigenvalue weighted by Crippen LogP contribution is 2.37. The van der Waals surface area contributed by atoms with E-state index < -0.39 is 0 Å². The van der Waals surface area contributed by atoms with Crippen LogP contribution in [-0.4, -0.2) is 11.7 Å². The monoisotopic (exact) mass is 269 g/mol. The molecule has 0 radical (unpaired) electrons. The number of rotatable bonds is 2. The van der Waals surface area contributed by atoms with Crippen LogP contribution in [0.3, 0.4) is 0 Å². The second-order valence-electron chi connectivity index (χ2n) is 5.45. The molecule has 2 aromatic rings. The fourth-order valence-corrected chi connectivity index (χ4v) is 2.59. The van der Waals surface area contributed by atoms with Crippen LogP contribution in [-0.2, 0) is 0 Å². The highest BCUT2D eigenvalue weighted by atomic mass is 16.5. The van der Waals surface area contributed by atoms with Gasteiger partial charge in [0.25, 0.3) is 0 Å². The van der Waals surface area contributed by atoms with Gasteiger partial charge in [-0.15, -0.1) is 0 Å². The first-order chi connectivity index (χ1) is 9.65. The van der Waals surface area contributed by atoms with Crippen LogP contribution in [0.4, 0.5) is 5.69 Å². The van der Waals surface area contributed by atoms with Crippen molar-refractivity contribution in [1.82, 2.24) is 0 Å². The summed E-state index contributed by atoms with van der Waals surface area (Å²) in [5, 5.41) is 13.3. The lowest BCUT2D eigenvalue weighted by atomic mass is 9.92. The first kappa shape index (κ1) is 12.9. The summed E-state index contributed by atoms with van der Waals surface area (Å²) in [4.78, 5) is 0. The Balaban J connectivity index is 1.91. The maximum Gasteiger partial charge on any atom is 0.124 e. The summed E-state index contributed by atoms with van der Waals surface area (Å²) in [6.07, 6.45) is 0. The number of anilines is 1. The fraction of sp³-hybridized carbons (Fsp3) is 0.294. The van der Waals surface area contributed by atoms with E-state index in [1.165, 1.54) is 5.56 Å². The second kappa shape index (κ2) is 5.08. The molecule has 0 saturated heterocycles. The zero-order valence-corrected chi connectivity index (χ0v) is 11.8. The summed E-state index contributed by atoms with van der Waals surface area (Å²) in [5.41, 5.74) is 2.99. The molecule has 0 amide bonds. The molecule has 1 aliphatic heterocycles. The molecule has 2 aromatic carbocycles. The molecule has 104 valence electrons. The van der Waals surface area contributed by atoms with Crippen LogP contribution in [0.15, 0.2) is 42.5 Å². The van der Waals surface area contributed by atoms with Gasteiger partial charge in [-0.3, -0.25) is 0 Å². The van der Waals surface area contributed by atoms with Gasteiger partial charge in [0.1, 0.15) is 11.5 Å². The molecule has 2 atom stereocenters. The average Bonchev–Trinajstić information content (AvgIpc) is 2.46. The number of hydrogen-bond acceptors (Lipinski definition) is 3. The number of phenols is 1. The van der Waals surface area contributed by atoms with E-state index in [0.29, 0.717) is 18.3 Å². The summed E-state index contributed by atoms with van der Waals surface area (Å²) < 4.78 is 5.76. The van der Waals surface area contributed by atoms with Crippen LogP contribution in [0.2, 0.25) is 0 Å². The summed E-state index contributed by atoms with van der Waals surface area (Å²) in [6.45, 7) is 4.76. The van der Waals surface area contributed by atoms with Crippen LogP contribution in [0.5, 0.6) is 11.5 Å². The molecule has 1 heterocycles. The average molecular weight is 269 g/mol. The molecule has 3 heteroatoms. The standard InChI is InChI=1S/C17H19NO2/c1-11-7-8-13(9-15(11)19)18-17-12(2)10-20-16-6-4-3-5-14(16)17/h3-9,12,17-19H,10H2,1-2H3. The molecule has 20 heavy (non-hydrogen) atoms. The van der Waals surface area contributed by atoms with E-state index in [-0.39, 0.29) is 6.04 Å². The van der Waals surface area contributed by atoms with Crippen LogP contribution in [0, 0.1) is 12.8 Å². The van der Waals surface area contributed by atoms with Crippen molar-refractivity contribution in [2.24, 2.45) is 5.92 Å². The number of benzene rings is 2. The van der Waals surface area contributed by atoms with Gasteiger partial charge in [0.2, 0.25) is 0 Å². The number of aromatic hydroxyl groups is 1. The van der Waals surface area contributed by atoms with Gasteiger partial charge in [0, 0.05) is 23.2 Å². The van der Waals surface area contributed by atoms with Crippen LogP contribution < -0.4 is 10.1 Å². The van der Waals surface area contributed by atoms with Crippen LogP contribution in [0.1, 0.15) is 24.1 Å². The van der Waals surface area contributed by atoms with E-state index in [1.54, 1.807) is 6.07 Å². The quantitative estimate of drug-likeness (QED) is 0.869. The van der Waals surface area contributed by atoms with Gasteiger partial charge in [-0.05, 0) is 24.6 Å². The van der Waals surface area contributed by atoms with Gasteiger partial charge >= 0.3 is 0 Å². The molecule has 1 aliphatic rings. The molecule has 0 saturated carbocycles. The zero-order chi connectivity index (χ0) is 14.1. The Bertz CT molecular complexity index is 624.